The SMILES string of the molecule is CCOC(=O)C1=C(C)N(c2ccccc2)C(=O)C1=Cc1ccc(O)c(OCC)c1. The number of phenols is 1. The summed E-state index contributed by atoms with van der Waals surface area (Å²) in [5.41, 5.74) is 2.26. The lowest BCUT2D eigenvalue weighted by atomic mass is 10.0. The number of rotatable bonds is 6. The molecular formula is C23H23NO5. The van der Waals surface area contributed by atoms with Gasteiger partial charge in [0.05, 0.1) is 24.4 Å². The molecule has 0 spiro atoms. The van der Waals surface area contributed by atoms with Gasteiger partial charge in [-0.15, -0.1) is 0 Å². The number of nitrogens with zero attached hydrogens (tertiary/aromatic N) is 1. The van der Waals surface area contributed by atoms with Gasteiger partial charge in [-0.05, 0) is 56.7 Å². The molecule has 150 valence electrons. The van der Waals surface area contributed by atoms with E-state index in [-0.39, 0.29) is 29.4 Å². The second-order valence-electron chi connectivity index (χ2n) is 6.38. The number of hydrogen-bond donors (Lipinski definition) is 1. The zero-order valence-electron chi connectivity index (χ0n) is 16.6. The smallest absolute Gasteiger partial charge is 0.340 e. The predicted octanol–water partition coefficient (Wildman–Crippen LogP) is 4.06. The van der Waals surface area contributed by atoms with Crippen LogP contribution in [0.2, 0.25) is 0 Å². The van der Waals surface area contributed by atoms with Crippen LogP contribution in [0.1, 0.15) is 26.3 Å². The van der Waals surface area contributed by atoms with E-state index in [0.717, 1.165) is 0 Å². The van der Waals surface area contributed by atoms with Gasteiger partial charge in [-0.3, -0.25) is 9.69 Å². The molecule has 2 aromatic rings. The summed E-state index contributed by atoms with van der Waals surface area (Å²) in [6.45, 7) is 5.85. The monoisotopic (exact) mass is 393 g/mol. The average Bonchev–Trinajstić information content (AvgIpc) is 2.95. The Balaban J connectivity index is 2.11. The maximum Gasteiger partial charge on any atom is 0.340 e. The summed E-state index contributed by atoms with van der Waals surface area (Å²) in [7, 11) is 0. The molecule has 1 aliphatic heterocycles. The molecule has 1 aliphatic rings. The van der Waals surface area contributed by atoms with Gasteiger partial charge in [-0.2, -0.15) is 0 Å². The highest BCUT2D eigenvalue weighted by Gasteiger charge is 2.38. The van der Waals surface area contributed by atoms with Crippen molar-refractivity contribution in [2.24, 2.45) is 0 Å². The van der Waals surface area contributed by atoms with Gasteiger partial charge < -0.3 is 14.6 Å². The molecule has 0 unspecified atom stereocenters. The lowest BCUT2D eigenvalue weighted by Crippen LogP contribution is -2.24. The van der Waals surface area contributed by atoms with E-state index in [4.69, 9.17) is 9.47 Å². The Labute approximate surface area is 169 Å². The fraction of sp³-hybridized carbons (Fsp3) is 0.217. The lowest BCUT2D eigenvalue weighted by molar-refractivity contribution is -0.138. The minimum absolute atomic E-state index is 0.00926. The van der Waals surface area contributed by atoms with Crippen molar-refractivity contribution in [2.45, 2.75) is 20.8 Å². The van der Waals surface area contributed by atoms with E-state index in [1.165, 1.54) is 11.0 Å². The maximum absolute atomic E-state index is 13.2. The molecule has 29 heavy (non-hydrogen) atoms. The minimum atomic E-state index is -0.549. The average molecular weight is 393 g/mol. The molecule has 1 N–H and O–H groups in total. The van der Waals surface area contributed by atoms with Crippen LogP contribution in [0.5, 0.6) is 11.5 Å². The summed E-state index contributed by atoms with van der Waals surface area (Å²) >= 11 is 0. The van der Waals surface area contributed by atoms with Crippen molar-refractivity contribution in [3.8, 4) is 11.5 Å². The van der Waals surface area contributed by atoms with Crippen molar-refractivity contribution in [1.29, 1.82) is 0 Å². The Morgan fingerprint density at radius 3 is 2.48 bits per heavy atom. The molecule has 0 aromatic heterocycles. The van der Waals surface area contributed by atoms with E-state index < -0.39 is 5.97 Å². The zero-order valence-corrected chi connectivity index (χ0v) is 16.6. The highest BCUT2D eigenvalue weighted by Crippen LogP contribution is 2.36. The maximum atomic E-state index is 13.2. The van der Waals surface area contributed by atoms with Gasteiger partial charge in [0, 0.05) is 11.4 Å². The quantitative estimate of drug-likeness (QED) is 0.592. The summed E-state index contributed by atoms with van der Waals surface area (Å²) in [5.74, 6) is -0.546. The number of esters is 1. The number of aromatic hydroxyl groups is 1. The normalized spacial score (nSPS) is 15.2. The number of carbonyl (C=O) groups is 2. The van der Waals surface area contributed by atoms with E-state index in [2.05, 4.69) is 0 Å². The molecule has 1 heterocycles. The first-order valence-corrected chi connectivity index (χ1v) is 9.43. The predicted molar refractivity (Wildman–Crippen MR) is 111 cm³/mol. The van der Waals surface area contributed by atoms with Crippen molar-refractivity contribution >= 4 is 23.6 Å². The second-order valence-corrected chi connectivity index (χ2v) is 6.38. The Morgan fingerprint density at radius 1 is 1.10 bits per heavy atom. The highest BCUT2D eigenvalue weighted by molar-refractivity contribution is 6.23. The topological polar surface area (TPSA) is 76.1 Å². The fourth-order valence-electron chi connectivity index (χ4n) is 3.23. The van der Waals surface area contributed by atoms with E-state index >= 15 is 0 Å². The summed E-state index contributed by atoms with van der Waals surface area (Å²) in [6, 6.07) is 13.9. The summed E-state index contributed by atoms with van der Waals surface area (Å²) in [5, 5.41) is 9.92. The van der Waals surface area contributed by atoms with Gasteiger partial charge in [0.2, 0.25) is 0 Å². The van der Waals surface area contributed by atoms with Crippen molar-refractivity contribution in [3.05, 3.63) is 70.9 Å². The Morgan fingerprint density at radius 2 is 1.83 bits per heavy atom. The van der Waals surface area contributed by atoms with Crippen molar-refractivity contribution in [1.82, 2.24) is 0 Å². The molecule has 2 aromatic carbocycles. The van der Waals surface area contributed by atoms with Crippen LogP contribution < -0.4 is 9.64 Å². The van der Waals surface area contributed by atoms with Crippen molar-refractivity contribution < 1.29 is 24.2 Å². The van der Waals surface area contributed by atoms with Crippen LogP contribution in [0.25, 0.3) is 6.08 Å². The standard InChI is InChI=1S/C23H23NO5/c1-4-28-20-14-16(11-12-19(20)25)13-18-21(23(27)29-5-2)15(3)24(22(18)26)17-9-7-6-8-10-17/h6-14,25H,4-5H2,1-3H3. The van der Waals surface area contributed by atoms with Crippen LogP contribution in [-0.4, -0.2) is 30.2 Å². The number of para-hydroxylation sites is 1. The number of anilines is 1. The Kier molecular flexibility index (Phi) is 6.02. The van der Waals surface area contributed by atoms with Gasteiger partial charge in [0.15, 0.2) is 11.5 Å². The van der Waals surface area contributed by atoms with Crippen LogP contribution in [0, 0.1) is 0 Å². The number of benzene rings is 2. The number of phenolic OH excluding ortho intramolecular Hbond substituents is 1. The number of hydrogen-bond acceptors (Lipinski definition) is 5. The van der Waals surface area contributed by atoms with Crippen LogP contribution in [0.15, 0.2) is 65.4 Å². The molecule has 3 rings (SSSR count). The molecule has 0 atom stereocenters. The van der Waals surface area contributed by atoms with Crippen molar-refractivity contribution in [3.63, 3.8) is 0 Å². The molecule has 0 saturated carbocycles. The molecule has 0 radical (unpaired) electrons. The molecule has 6 nitrogen and oxygen atoms in total. The molecule has 0 bridgehead atoms. The van der Waals surface area contributed by atoms with Crippen molar-refractivity contribution in [2.75, 3.05) is 18.1 Å². The minimum Gasteiger partial charge on any atom is -0.504 e. The Hall–Kier alpha value is -3.54. The van der Waals surface area contributed by atoms with E-state index in [0.29, 0.717) is 29.3 Å². The molecule has 1 amide bonds. The molecule has 0 fully saturated rings. The molecule has 6 heteroatoms. The van der Waals surface area contributed by atoms with Crippen LogP contribution >= 0.6 is 0 Å². The number of allylic oxidation sites excluding steroid dienone is 1. The Bertz CT molecular complexity index is 992. The van der Waals surface area contributed by atoms with Gasteiger partial charge in [0.25, 0.3) is 5.91 Å². The summed E-state index contributed by atoms with van der Waals surface area (Å²) < 4.78 is 10.6. The van der Waals surface area contributed by atoms with E-state index in [9.17, 15) is 14.7 Å². The number of ether oxygens (including phenoxy) is 2. The number of amides is 1. The lowest BCUT2D eigenvalue weighted by Gasteiger charge is -2.17. The third-order valence-corrected chi connectivity index (χ3v) is 4.49. The summed E-state index contributed by atoms with van der Waals surface area (Å²) in [4.78, 5) is 27.4. The molecule has 0 saturated heterocycles. The van der Waals surface area contributed by atoms with Crippen LogP contribution in [0.4, 0.5) is 5.69 Å². The largest absolute Gasteiger partial charge is 0.504 e. The van der Waals surface area contributed by atoms with Gasteiger partial charge in [-0.1, -0.05) is 24.3 Å². The molecule has 0 aliphatic carbocycles. The second kappa shape index (κ2) is 8.65. The van der Waals surface area contributed by atoms with E-state index in [1.807, 2.05) is 25.1 Å². The van der Waals surface area contributed by atoms with Gasteiger partial charge in [-0.25, -0.2) is 4.79 Å². The zero-order chi connectivity index (χ0) is 21.0. The highest BCUT2D eigenvalue weighted by atomic mass is 16.5. The first kappa shape index (κ1) is 20.2. The van der Waals surface area contributed by atoms with Crippen LogP contribution in [-0.2, 0) is 14.3 Å². The van der Waals surface area contributed by atoms with E-state index in [1.54, 1.807) is 44.2 Å². The summed E-state index contributed by atoms with van der Waals surface area (Å²) in [6.07, 6.45) is 1.61. The number of carbonyl (C=O) groups excluding carboxylic acids is 2. The third-order valence-electron chi connectivity index (χ3n) is 4.49. The molecular weight excluding hydrogens is 370 g/mol. The van der Waals surface area contributed by atoms with Gasteiger partial charge >= 0.3 is 5.97 Å². The third kappa shape index (κ3) is 4.01. The first-order chi connectivity index (χ1) is 14.0. The van der Waals surface area contributed by atoms with Gasteiger partial charge in [0.1, 0.15) is 0 Å². The fourth-order valence-corrected chi connectivity index (χ4v) is 3.23. The first-order valence-electron chi connectivity index (χ1n) is 9.43. The van der Waals surface area contributed by atoms with Crippen LogP contribution in [0.3, 0.4) is 0 Å².